The molecule has 0 saturated carbocycles. The average Bonchev–Trinajstić information content (AvgIpc) is 2.28. The Balaban J connectivity index is 2.57. The van der Waals surface area contributed by atoms with E-state index in [4.69, 9.17) is 4.74 Å². The van der Waals surface area contributed by atoms with E-state index >= 15 is 0 Å². The second-order valence-electron chi connectivity index (χ2n) is 4.78. The van der Waals surface area contributed by atoms with Crippen molar-refractivity contribution in [3.8, 4) is 0 Å². The van der Waals surface area contributed by atoms with Gasteiger partial charge >= 0.3 is 0 Å². The zero-order chi connectivity index (χ0) is 11.8. The number of ether oxygens (including phenoxy) is 1. The van der Waals surface area contributed by atoms with Crippen LogP contribution >= 0.6 is 0 Å². The van der Waals surface area contributed by atoms with Crippen LogP contribution in [0.3, 0.4) is 0 Å². The van der Waals surface area contributed by atoms with Gasteiger partial charge < -0.3 is 4.74 Å². The van der Waals surface area contributed by atoms with Crippen molar-refractivity contribution in [1.29, 1.82) is 0 Å². The standard InChI is InChI=1S/C15H18O/c1-11-5-6-13-10-14(15(2,3)16-4)8-7-12(13)9-11/h5-10H,1-4H3. The lowest BCUT2D eigenvalue weighted by Gasteiger charge is -2.23. The van der Waals surface area contributed by atoms with Crippen LogP contribution in [0, 0.1) is 6.92 Å². The van der Waals surface area contributed by atoms with E-state index in [1.807, 2.05) is 0 Å². The van der Waals surface area contributed by atoms with Crippen molar-refractivity contribution in [2.75, 3.05) is 7.11 Å². The normalized spacial score (nSPS) is 12.0. The molecule has 0 atom stereocenters. The molecule has 0 aromatic heterocycles. The minimum absolute atomic E-state index is 0.223. The summed E-state index contributed by atoms with van der Waals surface area (Å²) in [6, 6.07) is 13.0. The molecule has 0 bridgehead atoms. The molecule has 0 fully saturated rings. The lowest BCUT2D eigenvalue weighted by Crippen LogP contribution is -2.19. The molecule has 0 radical (unpaired) electrons. The monoisotopic (exact) mass is 214 g/mol. The van der Waals surface area contributed by atoms with Gasteiger partial charge in [0.25, 0.3) is 0 Å². The molecule has 0 saturated heterocycles. The van der Waals surface area contributed by atoms with Crippen LogP contribution in [0.4, 0.5) is 0 Å². The Morgan fingerprint density at radius 3 is 2.25 bits per heavy atom. The van der Waals surface area contributed by atoms with E-state index in [1.54, 1.807) is 7.11 Å². The highest BCUT2D eigenvalue weighted by atomic mass is 16.5. The van der Waals surface area contributed by atoms with Crippen molar-refractivity contribution in [2.24, 2.45) is 0 Å². The lowest BCUT2D eigenvalue weighted by molar-refractivity contribution is 0.0193. The molecular weight excluding hydrogens is 196 g/mol. The molecule has 0 spiro atoms. The van der Waals surface area contributed by atoms with Crippen LogP contribution in [0.5, 0.6) is 0 Å². The minimum atomic E-state index is -0.223. The predicted octanol–water partition coefficient (Wildman–Crippen LogP) is 4.03. The van der Waals surface area contributed by atoms with Gasteiger partial charge in [-0.25, -0.2) is 0 Å². The van der Waals surface area contributed by atoms with Gasteiger partial charge in [0.2, 0.25) is 0 Å². The SMILES string of the molecule is COC(C)(C)c1ccc2cc(C)ccc2c1. The van der Waals surface area contributed by atoms with Gasteiger partial charge in [-0.05, 0) is 43.2 Å². The van der Waals surface area contributed by atoms with Gasteiger partial charge in [0.05, 0.1) is 5.60 Å². The second-order valence-corrected chi connectivity index (χ2v) is 4.78. The van der Waals surface area contributed by atoms with Crippen LogP contribution in [-0.2, 0) is 10.3 Å². The van der Waals surface area contributed by atoms with Gasteiger partial charge in [-0.1, -0.05) is 35.9 Å². The molecule has 0 aliphatic heterocycles. The molecule has 1 nitrogen and oxygen atoms in total. The Hall–Kier alpha value is -1.34. The van der Waals surface area contributed by atoms with E-state index in [1.165, 1.54) is 21.9 Å². The number of rotatable bonds is 2. The van der Waals surface area contributed by atoms with Gasteiger partial charge in [-0.2, -0.15) is 0 Å². The van der Waals surface area contributed by atoms with Gasteiger partial charge in [-0.3, -0.25) is 0 Å². The fourth-order valence-electron chi connectivity index (χ4n) is 1.86. The maximum absolute atomic E-state index is 5.50. The number of benzene rings is 2. The fourth-order valence-corrected chi connectivity index (χ4v) is 1.86. The third kappa shape index (κ3) is 1.96. The molecule has 1 heteroatoms. The largest absolute Gasteiger partial charge is 0.374 e. The summed E-state index contributed by atoms with van der Waals surface area (Å²) in [5.41, 5.74) is 2.29. The van der Waals surface area contributed by atoms with Gasteiger partial charge in [0, 0.05) is 7.11 Å². The maximum atomic E-state index is 5.50. The molecule has 2 rings (SSSR count). The summed E-state index contributed by atoms with van der Waals surface area (Å²) < 4.78 is 5.50. The number of aryl methyl sites for hydroxylation is 1. The number of hydrogen-bond donors (Lipinski definition) is 0. The molecule has 84 valence electrons. The zero-order valence-corrected chi connectivity index (χ0v) is 10.4. The first-order valence-electron chi connectivity index (χ1n) is 5.59. The van der Waals surface area contributed by atoms with Crippen LogP contribution in [-0.4, -0.2) is 7.11 Å². The highest BCUT2D eigenvalue weighted by Crippen LogP contribution is 2.27. The van der Waals surface area contributed by atoms with E-state index < -0.39 is 0 Å². The Bertz CT molecular complexity index is 512. The molecule has 0 aliphatic rings. The van der Waals surface area contributed by atoms with Crippen LogP contribution in [0.2, 0.25) is 0 Å². The molecular formula is C15H18O. The molecule has 0 amide bonds. The summed E-state index contributed by atoms with van der Waals surface area (Å²) in [5, 5.41) is 2.56. The van der Waals surface area contributed by atoms with Crippen LogP contribution in [0.25, 0.3) is 10.8 Å². The van der Waals surface area contributed by atoms with Crippen LogP contribution in [0.15, 0.2) is 36.4 Å². The van der Waals surface area contributed by atoms with E-state index in [0.29, 0.717) is 0 Å². The molecule has 0 aliphatic carbocycles. The van der Waals surface area contributed by atoms with Crippen molar-refractivity contribution in [1.82, 2.24) is 0 Å². The van der Waals surface area contributed by atoms with E-state index in [-0.39, 0.29) is 5.60 Å². The maximum Gasteiger partial charge on any atom is 0.0871 e. The van der Waals surface area contributed by atoms with Crippen LogP contribution in [0.1, 0.15) is 25.0 Å². The third-order valence-corrected chi connectivity index (χ3v) is 3.20. The molecule has 16 heavy (non-hydrogen) atoms. The molecule has 2 aromatic rings. The predicted molar refractivity (Wildman–Crippen MR) is 68.7 cm³/mol. The van der Waals surface area contributed by atoms with Crippen molar-refractivity contribution >= 4 is 10.8 Å². The Morgan fingerprint density at radius 2 is 1.56 bits per heavy atom. The highest BCUT2D eigenvalue weighted by Gasteiger charge is 2.19. The fraction of sp³-hybridized carbons (Fsp3) is 0.333. The minimum Gasteiger partial charge on any atom is -0.374 e. The van der Waals surface area contributed by atoms with E-state index in [0.717, 1.165) is 0 Å². The Kier molecular flexibility index (Phi) is 2.73. The summed E-state index contributed by atoms with van der Waals surface area (Å²) in [5.74, 6) is 0. The molecule has 0 heterocycles. The van der Waals surface area contributed by atoms with Crippen molar-refractivity contribution in [3.05, 3.63) is 47.5 Å². The Morgan fingerprint density at radius 1 is 0.938 bits per heavy atom. The summed E-state index contributed by atoms with van der Waals surface area (Å²) in [7, 11) is 1.75. The molecule has 0 N–H and O–H groups in total. The van der Waals surface area contributed by atoms with Crippen LogP contribution < -0.4 is 0 Å². The first kappa shape index (κ1) is 11.2. The molecule has 2 aromatic carbocycles. The van der Waals surface area contributed by atoms with Gasteiger partial charge in [0.15, 0.2) is 0 Å². The average molecular weight is 214 g/mol. The van der Waals surface area contributed by atoms with Crippen molar-refractivity contribution in [3.63, 3.8) is 0 Å². The third-order valence-electron chi connectivity index (χ3n) is 3.20. The number of hydrogen-bond acceptors (Lipinski definition) is 1. The summed E-state index contributed by atoms with van der Waals surface area (Å²) in [6.45, 7) is 6.29. The van der Waals surface area contributed by atoms with E-state index in [2.05, 4.69) is 57.2 Å². The topological polar surface area (TPSA) is 9.23 Å². The van der Waals surface area contributed by atoms with Crippen molar-refractivity contribution < 1.29 is 4.74 Å². The summed E-state index contributed by atoms with van der Waals surface area (Å²) >= 11 is 0. The first-order valence-corrected chi connectivity index (χ1v) is 5.59. The lowest BCUT2D eigenvalue weighted by atomic mass is 9.95. The highest BCUT2D eigenvalue weighted by molar-refractivity contribution is 5.84. The van der Waals surface area contributed by atoms with Gasteiger partial charge in [-0.15, -0.1) is 0 Å². The number of fused-ring (bicyclic) bond motifs is 1. The quantitative estimate of drug-likeness (QED) is 0.733. The van der Waals surface area contributed by atoms with E-state index in [9.17, 15) is 0 Å². The summed E-state index contributed by atoms with van der Waals surface area (Å²) in [4.78, 5) is 0. The Labute approximate surface area is 97.1 Å². The number of methoxy groups -OCH3 is 1. The van der Waals surface area contributed by atoms with Crippen molar-refractivity contribution in [2.45, 2.75) is 26.4 Å². The summed E-state index contributed by atoms with van der Waals surface area (Å²) in [6.07, 6.45) is 0. The first-order chi connectivity index (χ1) is 7.53. The van der Waals surface area contributed by atoms with Gasteiger partial charge in [0.1, 0.15) is 0 Å². The zero-order valence-electron chi connectivity index (χ0n) is 10.4. The second kappa shape index (κ2) is 3.91. The smallest absolute Gasteiger partial charge is 0.0871 e. The molecule has 0 unspecified atom stereocenters.